The number of rotatable bonds is 6. The van der Waals surface area contributed by atoms with Gasteiger partial charge < -0.3 is 15.6 Å². The lowest BCUT2D eigenvalue weighted by Gasteiger charge is -2.10. The number of carbonyl (C=O) groups excluding carboxylic acids is 1. The van der Waals surface area contributed by atoms with Gasteiger partial charge in [-0.25, -0.2) is 0 Å². The highest BCUT2D eigenvalue weighted by atomic mass is 16.5. The zero-order valence-corrected chi connectivity index (χ0v) is 11.6. The molecule has 1 amide bonds. The standard InChI is InChI=1S/C14H18N4O2/c1-3-5-11-17-12(20-18-11)8-16-10-7-4-6-9(2)13(10)14(15)19/h4,6-7,16H,3,5,8H2,1-2H3,(H2,15,19). The van der Waals surface area contributed by atoms with Crippen molar-refractivity contribution in [1.82, 2.24) is 10.1 Å². The minimum atomic E-state index is -0.456. The number of hydrogen-bond acceptors (Lipinski definition) is 5. The zero-order chi connectivity index (χ0) is 14.5. The Morgan fingerprint density at radius 2 is 2.25 bits per heavy atom. The van der Waals surface area contributed by atoms with Crippen LogP contribution in [-0.4, -0.2) is 16.0 Å². The fourth-order valence-corrected chi connectivity index (χ4v) is 2.00. The number of primary amides is 1. The quantitative estimate of drug-likeness (QED) is 0.840. The zero-order valence-electron chi connectivity index (χ0n) is 11.6. The minimum absolute atomic E-state index is 0.362. The molecule has 2 rings (SSSR count). The van der Waals surface area contributed by atoms with Gasteiger partial charge in [-0.1, -0.05) is 24.2 Å². The third-order valence-electron chi connectivity index (χ3n) is 2.93. The van der Waals surface area contributed by atoms with Gasteiger partial charge in [0.1, 0.15) is 0 Å². The fraction of sp³-hybridized carbons (Fsp3) is 0.357. The molecule has 0 saturated heterocycles. The van der Waals surface area contributed by atoms with Gasteiger partial charge in [0.05, 0.1) is 12.1 Å². The molecule has 106 valence electrons. The van der Waals surface area contributed by atoms with E-state index in [-0.39, 0.29) is 0 Å². The van der Waals surface area contributed by atoms with Crippen molar-refractivity contribution in [3.05, 3.63) is 41.0 Å². The number of amides is 1. The molecule has 0 atom stereocenters. The molecule has 6 heteroatoms. The third-order valence-corrected chi connectivity index (χ3v) is 2.93. The number of nitrogens with one attached hydrogen (secondary N) is 1. The van der Waals surface area contributed by atoms with Crippen LogP contribution in [0.3, 0.4) is 0 Å². The van der Waals surface area contributed by atoms with Gasteiger partial charge in [-0.05, 0) is 25.0 Å². The molecule has 1 aromatic heterocycles. The van der Waals surface area contributed by atoms with E-state index in [2.05, 4.69) is 22.4 Å². The second-order valence-electron chi connectivity index (χ2n) is 4.57. The van der Waals surface area contributed by atoms with E-state index in [0.29, 0.717) is 29.5 Å². The summed E-state index contributed by atoms with van der Waals surface area (Å²) in [6.45, 7) is 4.26. The Kier molecular flexibility index (Phi) is 4.34. The van der Waals surface area contributed by atoms with Crippen LogP contribution < -0.4 is 11.1 Å². The number of aryl methyl sites for hydroxylation is 2. The van der Waals surface area contributed by atoms with Gasteiger partial charge in [-0.15, -0.1) is 0 Å². The first-order valence-corrected chi connectivity index (χ1v) is 6.56. The maximum absolute atomic E-state index is 11.5. The number of carbonyl (C=O) groups is 1. The molecule has 0 bridgehead atoms. The Morgan fingerprint density at radius 3 is 2.95 bits per heavy atom. The smallest absolute Gasteiger partial charge is 0.251 e. The summed E-state index contributed by atoms with van der Waals surface area (Å²) < 4.78 is 5.13. The van der Waals surface area contributed by atoms with Gasteiger partial charge in [0.15, 0.2) is 5.82 Å². The molecule has 2 aromatic rings. The predicted molar refractivity (Wildman–Crippen MR) is 75.3 cm³/mol. The second-order valence-corrected chi connectivity index (χ2v) is 4.57. The van der Waals surface area contributed by atoms with Crippen LogP contribution in [-0.2, 0) is 13.0 Å². The minimum Gasteiger partial charge on any atom is -0.375 e. The van der Waals surface area contributed by atoms with Crippen LogP contribution in [0.1, 0.15) is 41.0 Å². The van der Waals surface area contributed by atoms with Crippen molar-refractivity contribution in [2.75, 3.05) is 5.32 Å². The van der Waals surface area contributed by atoms with Gasteiger partial charge in [0, 0.05) is 12.1 Å². The van der Waals surface area contributed by atoms with Crippen molar-refractivity contribution in [2.45, 2.75) is 33.2 Å². The first-order valence-electron chi connectivity index (χ1n) is 6.56. The van der Waals surface area contributed by atoms with E-state index in [1.165, 1.54) is 0 Å². The van der Waals surface area contributed by atoms with Crippen LogP contribution in [0.25, 0.3) is 0 Å². The second kappa shape index (κ2) is 6.18. The molecule has 0 fully saturated rings. The van der Waals surface area contributed by atoms with E-state index in [0.717, 1.165) is 18.4 Å². The van der Waals surface area contributed by atoms with E-state index >= 15 is 0 Å². The molecule has 1 aromatic carbocycles. The molecule has 0 unspecified atom stereocenters. The number of aromatic nitrogens is 2. The molecule has 0 saturated carbocycles. The Balaban J connectivity index is 2.10. The highest BCUT2D eigenvalue weighted by molar-refractivity contribution is 5.99. The Morgan fingerprint density at radius 1 is 1.45 bits per heavy atom. The van der Waals surface area contributed by atoms with E-state index in [9.17, 15) is 4.79 Å². The lowest BCUT2D eigenvalue weighted by atomic mass is 10.1. The van der Waals surface area contributed by atoms with E-state index in [4.69, 9.17) is 10.3 Å². The van der Waals surface area contributed by atoms with Crippen molar-refractivity contribution >= 4 is 11.6 Å². The van der Waals surface area contributed by atoms with Crippen LogP contribution in [0.5, 0.6) is 0 Å². The summed E-state index contributed by atoms with van der Waals surface area (Å²) in [5.41, 5.74) is 7.39. The third kappa shape index (κ3) is 3.14. The van der Waals surface area contributed by atoms with Crippen LogP contribution in [0.4, 0.5) is 5.69 Å². The van der Waals surface area contributed by atoms with Crippen LogP contribution in [0, 0.1) is 6.92 Å². The lowest BCUT2D eigenvalue weighted by molar-refractivity contribution is 0.100. The lowest BCUT2D eigenvalue weighted by Crippen LogP contribution is -2.16. The highest BCUT2D eigenvalue weighted by Crippen LogP contribution is 2.19. The van der Waals surface area contributed by atoms with E-state index in [1.807, 2.05) is 19.1 Å². The molecule has 0 aliphatic carbocycles. The van der Waals surface area contributed by atoms with Gasteiger partial charge in [0.2, 0.25) is 5.89 Å². The molecule has 0 radical (unpaired) electrons. The monoisotopic (exact) mass is 274 g/mol. The topological polar surface area (TPSA) is 94.0 Å². The molecule has 6 nitrogen and oxygen atoms in total. The summed E-state index contributed by atoms with van der Waals surface area (Å²) in [6, 6.07) is 5.51. The van der Waals surface area contributed by atoms with Gasteiger partial charge in [0.25, 0.3) is 5.91 Å². The largest absolute Gasteiger partial charge is 0.375 e. The normalized spacial score (nSPS) is 10.5. The van der Waals surface area contributed by atoms with Crippen molar-refractivity contribution in [3.63, 3.8) is 0 Å². The summed E-state index contributed by atoms with van der Waals surface area (Å²) in [5.74, 6) is 0.733. The summed E-state index contributed by atoms with van der Waals surface area (Å²) in [5, 5.41) is 6.99. The average Bonchev–Trinajstić information content (AvgIpc) is 2.84. The number of hydrogen-bond donors (Lipinski definition) is 2. The molecule has 3 N–H and O–H groups in total. The number of nitrogens with zero attached hydrogens (tertiary/aromatic N) is 2. The van der Waals surface area contributed by atoms with E-state index in [1.54, 1.807) is 6.07 Å². The maximum atomic E-state index is 11.5. The van der Waals surface area contributed by atoms with E-state index < -0.39 is 5.91 Å². The van der Waals surface area contributed by atoms with Gasteiger partial charge >= 0.3 is 0 Å². The van der Waals surface area contributed by atoms with Gasteiger partial charge in [-0.2, -0.15) is 4.98 Å². The van der Waals surface area contributed by atoms with Crippen molar-refractivity contribution in [2.24, 2.45) is 5.73 Å². The molecule has 1 heterocycles. The number of benzene rings is 1. The fourth-order valence-electron chi connectivity index (χ4n) is 2.00. The molecular weight excluding hydrogens is 256 g/mol. The van der Waals surface area contributed by atoms with Gasteiger partial charge in [-0.3, -0.25) is 4.79 Å². The molecule has 0 aliphatic heterocycles. The number of anilines is 1. The number of nitrogens with two attached hydrogens (primary N) is 1. The van der Waals surface area contributed by atoms with Crippen molar-refractivity contribution in [3.8, 4) is 0 Å². The summed E-state index contributed by atoms with van der Waals surface area (Å²) in [4.78, 5) is 15.7. The summed E-state index contributed by atoms with van der Waals surface area (Å²) in [6.07, 6.45) is 1.76. The summed E-state index contributed by atoms with van der Waals surface area (Å²) >= 11 is 0. The van der Waals surface area contributed by atoms with Crippen LogP contribution in [0.15, 0.2) is 22.7 Å². The Bertz CT molecular complexity index is 607. The molecule has 0 spiro atoms. The SMILES string of the molecule is CCCc1noc(CNc2cccc(C)c2C(N)=O)n1. The molecule has 20 heavy (non-hydrogen) atoms. The van der Waals surface area contributed by atoms with Crippen molar-refractivity contribution in [1.29, 1.82) is 0 Å². The molecular formula is C14H18N4O2. The van der Waals surface area contributed by atoms with Crippen LogP contribution in [0.2, 0.25) is 0 Å². The molecule has 0 aliphatic rings. The Hall–Kier alpha value is -2.37. The first-order chi connectivity index (χ1) is 9.61. The maximum Gasteiger partial charge on any atom is 0.251 e. The first kappa shape index (κ1) is 14.0. The highest BCUT2D eigenvalue weighted by Gasteiger charge is 2.12. The predicted octanol–water partition coefficient (Wildman–Crippen LogP) is 2.04. The van der Waals surface area contributed by atoms with Crippen molar-refractivity contribution < 1.29 is 9.32 Å². The summed E-state index contributed by atoms with van der Waals surface area (Å²) in [7, 11) is 0. The van der Waals surface area contributed by atoms with Crippen LogP contribution >= 0.6 is 0 Å². The Labute approximate surface area is 117 Å². The average molecular weight is 274 g/mol.